The van der Waals surface area contributed by atoms with Crippen LogP contribution in [0.15, 0.2) is 34.9 Å². The molecule has 0 radical (unpaired) electrons. The summed E-state index contributed by atoms with van der Waals surface area (Å²) in [5.41, 5.74) is 0.998. The zero-order chi connectivity index (χ0) is 13.8. The zero-order valence-corrected chi connectivity index (χ0v) is 11.8. The van der Waals surface area contributed by atoms with Crippen LogP contribution in [0.1, 0.15) is 12.8 Å². The van der Waals surface area contributed by atoms with Gasteiger partial charge in [-0.15, -0.1) is 0 Å². The maximum atomic E-state index is 5.36. The molecule has 1 aromatic carbocycles. The number of aromatic nitrogens is 2. The van der Waals surface area contributed by atoms with Gasteiger partial charge in [-0.1, -0.05) is 42.4 Å². The van der Waals surface area contributed by atoms with Crippen molar-refractivity contribution >= 4 is 0 Å². The lowest BCUT2D eigenvalue weighted by Gasteiger charge is -2.33. The zero-order valence-electron chi connectivity index (χ0n) is 11.8. The normalized spacial score (nSPS) is 17.4. The molecule has 0 spiro atoms. The monoisotopic (exact) mass is 272 g/mol. The Morgan fingerprint density at radius 3 is 2.45 bits per heavy atom. The van der Waals surface area contributed by atoms with Gasteiger partial charge in [-0.25, -0.2) is 0 Å². The Bertz CT molecular complexity index is 532. The lowest BCUT2D eigenvalue weighted by molar-refractivity contribution is 0.121. The molecule has 1 fully saturated rings. The second-order valence-corrected chi connectivity index (χ2v) is 5.09. The van der Waals surface area contributed by atoms with Gasteiger partial charge < -0.3 is 9.42 Å². The van der Waals surface area contributed by atoms with E-state index >= 15 is 0 Å². The van der Waals surface area contributed by atoms with Crippen LogP contribution in [-0.2, 0) is 6.54 Å². The molecule has 3 rings (SSSR count). The Morgan fingerprint density at radius 1 is 1.05 bits per heavy atom. The molecule has 2 heterocycles. The van der Waals surface area contributed by atoms with Gasteiger partial charge in [-0.05, 0) is 6.54 Å². The number of rotatable bonds is 4. The highest BCUT2D eigenvalue weighted by Crippen LogP contribution is 2.16. The highest BCUT2D eigenvalue weighted by molar-refractivity contribution is 5.53. The van der Waals surface area contributed by atoms with Gasteiger partial charge in [0.25, 0.3) is 0 Å². The van der Waals surface area contributed by atoms with E-state index in [1.54, 1.807) is 0 Å². The van der Waals surface area contributed by atoms with Crippen molar-refractivity contribution in [3.8, 4) is 11.4 Å². The fourth-order valence-corrected chi connectivity index (χ4v) is 2.48. The molecular formula is C15H20N4O. The fraction of sp³-hybridized carbons (Fsp3) is 0.467. The van der Waals surface area contributed by atoms with Gasteiger partial charge in [-0.3, -0.25) is 4.90 Å². The Hall–Kier alpha value is -1.72. The maximum absolute atomic E-state index is 5.36. The summed E-state index contributed by atoms with van der Waals surface area (Å²) < 4.78 is 5.36. The first-order chi connectivity index (χ1) is 9.85. The molecule has 5 heteroatoms. The first kappa shape index (κ1) is 13.3. The van der Waals surface area contributed by atoms with Gasteiger partial charge >= 0.3 is 0 Å². The standard InChI is InChI=1S/C15H20N4O/c1-2-18-8-10-19(11-9-18)12-14-16-15(17-20-14)13-6-4-3-5-7-13/h3-7H,2,8-12H2,1H3. The molecule has 1 aliphatic heterocycles. The highest BCUT2D eigenvalue weighted by Gasteiger charge is 2.18. The van der Waals surface area contributed by atoms with E-state index in [1.165, 1.54) is 0 Å². The minimum atomic E-state index is 0.674. The molecule has 0 unspecified atom stereocenters. The van der Waals surface area contributed by atoms with Crippen molar-refractivity contribution < 1.29 is 4.52 Å². The first-order valence-electron chi connectivity index (χ1n) is 7.18. The van der Waals surface area contributed by atoms with Crippen molar-refractivity contribution in [1.29, 1.82) is 0 Å². The van der Waals surface area contributed by atoms with Crippen LogP contribution in [0.4, 0.5) is 0 Å². The second kappa shape index (κ2) is 6.15. The molecule has 0 amide bonds. The van der Waals surface area contributed by atoms with Gasteiger partial charge in [0.05, 0.1) is 6.54 Å². The summed E-state index contributed by atoms with van der Waals surface area (Å²) in [7, 11) is 0. The largest absolute Gasteiger partial charge is 0.338 e. The van der Waals surface area contributed by atoms with E-state index in [1.807, 2.05) is 30.3 Å². The van der Waals surface area contributed by atoms with E-state index in [-0.39, 0.29) is 0 Å². The lowest BCUT2D eigenvalue weighted by atomic mass is 10.2. The van der Waals surface area contributed by atoms with E-state index in [0.29, 0.717) is 11.7 Å². The summed E-state index contributed by atoms with van der Waals surface area (Å²) in [6, 6.07) is 9.94. The Kier molecular flexibility index (Phi) is 4.08. The molecule has 1 saturated heterocycles. The molecule has 1 aromatic heterocycles. The quantitative estimate of drug-likeness (QED) is 0.850. The van der Waals surface area contributed by atoms with Crippen LogP contribution in [0.25, 0.3) is 11.4 Å². The van der Waals surface area contributed by atoms with Crippen LogP contribution in [0.2, 0.25) is 0 Å². The van der Waals surface area contributed by atoms with Gasteiger partial charge in [0.2, 0.25) is 11.7 Å². The average molecular weight is 272 g/mol. The predicted octanol–water partition coefficient (Wildman–Crippen LogP) is 1.87. The summed E-state index contributed by atoms with van der Waals surface area (Å²) in [6.45, 7) is 8.46. The van der Waals surface area contributed by atoms with Crippen LogP contribution in [-0.4, -0.2) is 52.7 Å². The summed E-state index contributed by atoms with van der Waals surface area (Å²) in [5, 5.41) is 4.06. The van der Waals surface area contributed by atoms with Crippen molar-refractivity contribution in [2.24, 2.45) is 0 Å². The topological polar surface area (TPSA) is 45.4 Å². The van der Waals surface area contributed by atoms with Crippen LogP contribution in [0, 0.1) is 0 Å². The number of hydrogen-bond acceptors (Lipinski definition) is 5. The molecule has 2 aromatic rings. The Labute approximate surface area is 119 Å². The summed E-state index contributed by atoms with van der Waals surface area (Å²) in [6.07, 6.45) is 0. The Morgan fingerprint density at radius 2 is 1.75 bits per heavy atom. The van der Waals surface area contributed by atoms with Crippen LogP contribution in [0.5, 0.6) is 0 Å². The molecule has 0 aliphatic carbocycles. The molecule has 0 bridgehead atoms. The van der Waals surface area contributed by atoms with E-state index in [4.69, 9.17) is 4.52 Å². The first-order valence-corrected chi connectivity index (χ1v) is 7.18. The van der Waals surface area contributed by atoms with Crippen LogP contribution >= 0.6 is 0 Å². The number of likely N-dealkylation sites (N-methyl/N-ethyl adjacent to an activating group) is 1. The third-order valence-electron chi connectivity index (χ3n) is 3.77. The second-order valence-electron chi connectivity index (χ2n) is 5.09. The van der Waals surface area contributed by atoms with Crippen molar-refractivity contribution in [1.82, 2.24) is 19.9 Å². The molecule has 0 N–H and O–H groups in total. The molecule has 5 nitrogen and oxygen atoms in total. The van der Waals surface area contributed by atoms with Crippen LogP contribution < -0.4 is 0 Å². The summed E-state index contributed by atoms with van der Waals surface area (Å²) in [4.78, 5) is 9.31. The van der Waals surface area contributed by atoms with Gasteiger partial charge in [0, 0.05) is 31.7 Å². The van der Waals surface area contributed by atoms with Gasteiger partial charge in [0.15, 0.2) is 0 Å². The predicted molar refractivity (Wildman–Crippen MR) is 77.1 cm³/mol. The number of benzene rings is 1. The lowest BCUT2D eigenvalue weighted by Crippen LogP contribution is -2.45. The highest BCUT2D eigenvalue weighted by atomic mass is 16.5. The number of piperazine rings is 1. The number of hydrogen-bond donors (Lipinski definition) is 0. The van der Waals surface area contributed by atoms with Crippen molar-refractivity contribution in [2.45, 2.75) is 13.5 Å². The van der Waals surface area contributed by atoms with Crippen molar-refractivity contribution in [3.63, 3.8) is 0 Å². The van der Waals surface area contributed by atoms with E-state index in [2.05, 4.69) is 26.9 Å². The molecule has 20 heavy (non-hydrogen) atoms. The Balaban J connectivity index is 1.61. The fourth-order valence-electron chi connectivity index (χ4n) is 2.48. The SMILES string of the molecule is CCN1CCN(Cc2nc(-c3ccccc3)no2)CC1. The molecule has 106 valence electrons. The molecular weight excluding hydrogens is 252 g/mol. The van der Waals surface area contributed by atoms with E-state index in [0.717, 1.165) is 44.8 Å². The summed E-state index contributed by atoms with van der Waals surface area (Å²) >= 11 is 0. The average Bonchev–Trinajstić information content (AvgIpc) is 2.97. The molecule has 0 atom stereocenters. The van der Waals surface area contributed by atoms with E-state index in [9.17, 15) is 0 Å². The van der Waals surface area contributed by atoms with Gasteiger partial charge in [-0.2, -0.15) is 4.98 Å². The summed E-state index contributed by atoms with van der Waals surface area (Å²) in [5.74, 6) is 1.38. The van der Waals surface area contributed by atoms with Gasteiger partial charge in [0.1, 0.15) is 0 Å². The third-order valence-corrected chi connectivity index (χ3v) is 3.77. The van der Waals surface area contributed by atoms with Crippen molar-refractivity contribution in [2.75, 3.05) is 32.7 Å². The van der Waals surface area contributed by atoms with Crippen LogP contribution in [0.3, 0.4) is 0 Å². The van der Waals surface area contributed by atoms with Crippen molar-refractivity contribution in [3.05, 3.63) is 36.2 Å². The third kappa shape index (κ3) is 3.05. The minimum Gasteiger partial charge on any atom is -0.338 e. The minimum absolute atomic E-state index is 0.674. The van der Waals surface area contributed by atoms with E-state index < -0.39 is 0 Å². The molecule has 1 aliphatic rings. The smallest absolute Gasteiger partial charge is 0.241 e. The maximum Gasteiger partial charge on any atom is 0.241 e. The number of nitrogens with zero attached hydrogens (tertiary/aromatic N) is 4. The molecule has 0 saturated carbocycles.